The number of hydrogen-bond acceptors (Lipinski definition) is 7. The van der Waals surface area contributed by atoms with Crippen molar-refractivity contribution in [2.75, 3.05) is 26.7 Å². The molecule has 3 amide bonds. The largest absolute Gasteiger partial charge is 0.497 e. The predicted molar refractivity (Wildman–Crippen MR) is 123 cm³/mol. The number of hydrogen-bond donors (Lipinski definition) is 4. The molecule has 10 heteroatoms. The molecule has 1 aromatic carbocycles. The zero-order valence-corrected chi connectivity index (χ0v) is 18.8. The number of benzene rings is 1. The maximum atomic E-state index is 13.0. The van der Waals surface area contributed by atoms with Gasteiger partial charge >= 0.3 is 0 Å². The summed E-state index contributed by atoms with van der Waals surface area (Å²) in [5, 5.41) is 7.98. The molecule has 1 aromatic heterocycles. The number of nitrogens with one attached hydrogen (secondary N) is 3. The molecule has 2 aromatic rings. The van der Waals surface area contributed by atoms with E-state index in [0.717, 1.165) is 5.56 Å². The molecule has 1 atom stereocenters. The molecule has 10 nitrogen and oxygen atoms in total. The van der Waals surface area contributed by atoms with Gasteiger partial charge in [0, 0.05) is 18.2 Å². The van der Waals surface area contributed by atoms with Gasteiger partial charge in [-0.1, -0.05) is 12.6 Å². The Morgan fingerprint density at radius 2 is 2.12 bits per heavy atom. The lowest BCUT2D eigenvalue weighted by molar-refractivity contribution is -0.139. The Kier molecular flexibility index (Phi) is 6.98. The molecule has 0 bridgehead atoms. The minimum absolute atomic E-state index is 0.132. The number of piperazine rings is 1. The van der Waals surface area contributed by atoms with Crippen molar-refractivity contribution in [1.29, 1.82) is 0 Å². The summed E-state index contributed by atoms with van der Waals surface area (Å²) >= 11 is 0. The number of carbonyl (C=O) groups excluding carboxylic acids is 3. The van der Waals surface area contributed by atoms with Crippen LogP contribution < -0.4 is 26.4 Å². The summed E-state index contributed by atoms with van der Waals surface area (Å²) in [6, 6.07) is 6.65. The number of aryl methyl sites for hydroxylation is 2. The van der Waals surface area contributed by atoms with Crippen molar-refractivity contribution in [3.63, 3.8) is 0 Å². The zero-order valence-electron chi connectivity index (χ0n) is 18.8. The van der Waals surface area contributed by atoms with Crippen LogP contribution in [-0.4, -0.2) is 50.2 Å². The summed E-state index contributed by atoms with van der Waals surface area (Å²) < 4.78 is 11.0. The fourth-order valence-electron chi connectivity index (χ4n) is 3.44. The summed E-state index contributed by atoms with van der Waals surface area (Å²) in [5.74, 6) is -0.304. The van der Waals surface area contributed by atoms with Gasteiger partial charge in [0.15, 0.2) is 5.54 Å². The van der Waals surface area contributed by atoms with Crippen LogP contribution in [0.5, 0.6) is 5.75 Å². The molecule has 0 radical (unpaired) electrons. The third-order valence-electron chi connectivity index (χ3n) is 5.37. The van der Waals surface area contributed by atoms with E-state index < -0.39 is 23.3 Å². The van der Waals surface area contributed by atoms with Gasteiger partial charge in [0.05, 0.1) is 25.9 Å². The topological polar surface area (TPSA) is 148 Å². The second-order valence-electron chi connectivity index (χ2n) is 7.56. The third kappa shape index (κ3) is 4.80. The first-order valence-corrected chi connectivity index (χ1v) is 10.3. The van der Waals surface area contributed by atoms with Gasteiger partial charge in [0.2, 0.25) is 5.91 Å². The van der Waals surface area contributed by atoms with E-state index in [9.17, 15) is 14.4 Å². The number of nitrogens with two attached hydrogens (primary N) is 1. The van der Waals surface area contributed by atoms with Crippen molar-refractivity contribution < 1.29 is 23.5 Å². The van der Waals surface area contributed by atoms with E-state index in [1.54, 1.807) is 38.1 Å². The molecule has 0 aliphatic carbocycles. The molecule has 174 valence electrons. The molecule has 0 saturated carbocycles. The molecule has 1 aliphatic rings. The van der Waals surface area contributed by atoms with Gasteiger partial charge in [-0.2, -0.15) is 0 Å². The van der Waals surface area contributed by atoms with Gasteiger partial charge in [-0.05, 0) is 37.6 Å². The van der Waals surface area contributed by atoms with Crippen molar-refractivity contribution >= 4 is 29.1 Å². The Bertz CT molecular complexity index is 1140. The Morgan fingerprint density at radius 1 is 1.36 bits per heavy atom. The van der Waals surface area contributed by atoms with Crippen LogP contribution in [0, 0.1) is 13.8 Å². The minimum atomic E-state index is -1.66. The molecule has 2 heterocycles. The molecule has 1 aliphatic heterocycles. The molecular weight excluding hydrogens is 426 g/mol. The van der Waals surface area contributed by atoms with E-state index >= 15 is 0 Å². The summed E-state index contributed by atoms with van der Waals surface area (Å²) in [5.41, 5.74) is 6.07. The lowest BCUT2D eigenvalue weighted by Gasteiger charge is -2.35. The Balaban J connectivity index is 1.97. The van der Waals surface area contributed by atoms with E-state index in [2.05, 4.69) is 27.5 Å². The molecule has 0 unspecified atom stereocenters. The molecule has 33 heavy (non-hydrogen) atoms. The predicted octanol–water partition coefficient (Wildman–Crippen LogP) is 0.994. The van der Waals surface area contributed by atoms with Crippen molar-refractivity contribution in [2.45, 2.75) is 19.4 Å². The number of rotatable bonds is 8. The molecule has 0 spiro atoms. The van der Waals surface area contributed by atoms with Crippen LogP contribution in [0.25, 0.3) is 0 Å². The second kappa shape index (κ2) is 9.70. The number of aliphatic imine (C=N–C) groups is 1. The third-order valence-corrected chi connectivity index (χ3v) is 5.37. The van der Waals surface area contributed by atoms with E-state index in [1.807, 2.05) is 0 Å². The summed E-state index contributed by atoms with van der Waals surface area (Å²) in [6.07, 6.45) is 1.52. The maximum absolute atomic E-state index is 13.0. The van der Waals surface area contributed by atoms with E-state index in [0.29, 0.717) is 28.5 Å². The fraction of sp³-hybridized carbons (Fsp3) is 0.304. The van der Waals surface area contributed by atoms with E-state index in [4.69, 9.17) is 14.9 Å². The van der Waals surface area contributed by atoms with Crippen molar-refractivity contribution in [1.82, 2.24) is 16.0 Å². The van der Waals surface area contributed by atoms with Gasteiger partial charge in [-0.25, -0.2) is 4.99 Å². The highest BCUT2D eigenvalue weighted by Gasteiger charge is 2.48. The normalized spacial score (nSPS) is 18.4. The highest BCUT2D eigenvalue weighted by molar-refractivity contribution is 6.01. The lowest BCUT2D eigenvalue weighted by Crippen LogP contribution is -2.67. The lowest BCUT2D eigenvalue weighted by atomic mass is 9.92. The number of ether oxygens (including phenoxy) is 1. The molecule has 5 N–H and O–H groups in total. The van der Waals surface area contributed by atoms with Crippen molar-refractivity contribution in [3.05, 3.63) is 59.6 Å². The number of methoxy groups -OCH3 is 1. The summed E-state index contributed by atoms with van der Waals surface area (Å²) in [4.78, 5) is 42.6. The van der Waals surface area contributed by atoms with Crippen LogP contribution in [0.4, 0.5) is 5.69 Å². The van der Waals surface area contributed by atoms with Crippen LogP contribution in [0.15, 0.2) is 46.3 Å². The average molecular weight is 453 g/mol. The highest BCUT2D eigenvalue weighted by Crippen LogP contribution is 2.32. The van der Waals surface area contributed by atoms with Gasteiger partial charge in [-0.15, -0.1) is 0 Å². The quantitative estimate of drug-likeness (QED) is 0.438. The Morgan fingerprint density at radius 3 is 2.79 bits per heavy atom. The van der Waals surface area contributed by atoms with Crippen LogP contribution in [0.1, 0.15) is 27.4 Å². The molecule has 1 fully saturated rings. The number of amides is 3. The SMILES string of the molecule is C=CC(CN)=Nc1cc([C@]2(CNC(=O)c3cc(OC)ccc3C)NC(=O)CNC2=O)oc1C. The molecule has 3 rings (SSSR count). The van der Waals surface area contributed by atoms with Gasteiger partial charge in [-0.3, -0.25) is 14.4 Å². The second-order valence-corrected chi connectivity index (χ2v) is 7.56. The van der Waals surface area contributed by atoms with Crippen molar-refractivity contribution in [2.24, 2.45) is 10.7 Å². The van der Waals surface area contributed by atoms with E-state index in [-0.39, 0.29) is 25.4 Å². The molecular formula is C23H27N5O5. The summed E-state index contributed by atoms with van der Waals surface area (Å²) in [7, 11) is 1.50. The first-order chi connectivity index (χ1) is 15.7. The maximum Gasteiger partial charge on any atom is 0.256 e. The van der Waals surface area contributed by atoms with E-state index in [1.165, 1.54) is 13.2 Å². The van der Waals surface area contributed by atoms with Crippen molar-refractivity contribution in [3.8, 4) is 5.75 Å². The minimum Gasteiger partial charge on any atom is -0.497 e. The number of nitrogens with zero attached hydrogens (tertiary/aromatic N) is 1. The standard InChI is InChI=1S/C23H27N5O5/c1-5-15(10-24)27-18-9-19(33-14(18)3)23(22(31)25-11-20(29)28-23)12-26-21(30)17-8-16(32-4)7-6-13(17)2/h5-9H,1,10-12,24H2,2-4H3,(H,25,31)(H,26,30)(H,28,29)/t23-/m0/s1. The first-order valence-electron chi connectivity index (χ1n) is 10.3. The smallest absolute Gasteiger partial charge is 0.256 e. The van der Waals surface area contributed by atoms with Gasteiger partial charge in [0.25, 0.3) is 11.8 Å². The zero-order chi connectivity index (χ0) is 24.2. The van der Waals surface area contributed by atoms with Crippen LogP contribution in [-0.2, 0) is 15.1 Å². The Labute approximate surface area is 191 Å². The number of carbonyl (C=O) groups is 3. The molecule has 1 saturated heterocycles. The van der Waals surface area contributed by atoms with Gasteiger partial charge in [0.1, 0.15) is 23.0 Å². The first kappa shape index (κ1) is 23.7. The Hall–Kier alpha value is -3.92. The number of furan rings is 1. The highest BCUT2D eigenvalue weighted by atomic mass is 16.5. The van der Waals surface area contributed by atoms with Crippen LogP contribution in [0.3, 0.4) is 0 Å². The fourth-order valence-corrected chi connectivity index (χ4v) is 3.44. The van der Waals surface area contributed by atoms with Gasteiger partial charge < -0.3 is 30.8 Å². The monoisotopic (exact) mass is 453 g/mol. The summed E-state index contributed by atoms with van der Waals surface area (Å²) in [6.45, 7) is 6.87. The van der Waals surface area contributed by atoms with Crippen LogP contribution in [0.2, 0.25) is 0 Å². The average Bonchev–Trinajstić information content (AvgIpc) is 3.18. The van der Waals surface area contributed by atoms with Crippen LogP contribution >= 0.6 is 0 Å².